The molecule has 0 amide bonds. The number of ketones is 1. The second-order valence-electron chi connectivity index (χ2n) is 5.54. The van der Waals surface area contributed by atoms with E-state index in [0.717, 1.165) is 11.8 Å². The van der Waals surface area contributed by atoms with Gasteiger partial charge in [0.1, 0.15) is 5.75 Å². The van der Waals surface area contributed by atoms with E-state index in [4.69, 9.17) is 4.74 Å². The summed E-state index contributed by atoms with van der Waals surface area (Å²) in [6.07, 6.45) is 0.748. The first-order valence-electron chi connectivity index (χ1n) is 6.78. The largest absolute Gasteiger partial charge is 0.480 e. The predicted molar refractivity (Wildman–Crippen MR) is 81.8 cm³/mol. The minimum Gasteiger partial charge on any atom is -0.480 e. The summed E-state index contributed by atoms with van der Waals surface area (Å²) >= 11 is 0. The van der Waals surface area contributed by atoms with E-state index in [2.05, 4.69) is 0 Å². The third-order valence-electron chi connectivity index (χ3n) is 3.09. The number of carbonyl (C=O) groups excluding carboxylic acids is 2. The Bertz CT molecular complexity index is 637. The van der Waals surface area contributed by atoms with Crippen LogP contribution in [-0.4, -0.2) is 17.7 Å². The highest BCUT2D eigenvalue weighted by atomic mass is 16.5. The molecule has 0 aliphatic rings. The molecule has 0 aliphatic heterocycles. The third kappa shape index (κ3) is 3.78. The maximum Gasteiger partial charge on any atom is 0.193 e. The lowest BCUT2D eigenvalue weighted by Crippen LogP contribution is -2.29. The van der Waals surface area contributed by atoms with Crippen molar-refractivity contribution in [3.05, 3.63) is 65.2 Å². The molecule has 0 spiro atoms. The Hall–Kier alpha value is -2.42. The van der Waals surface area contributed by atoms with Crippen molar-refractivity contribution in [2.45, 2.75) is 26.4 Å². The van der Waals surface area contributed by atoms with Crippen molar-refractivity contribution in [3.63, 3.8) is 0 Å². The molecule has 0 heterocycles. The molecule has 0 unspecified atom stereocenters. The molecular weight excluding hydrogens is 264 g/mol. The summed E-state index contributed by atoms with van der Waals surface area (Å²) in [6.45, 7) is 5.35. The zero-order valence-corrected chi connectivity index (χ0v) is 12.4. The number of carbonyl (C=O) groups is 2. The fraction of sp³-hybridized carbons (Fsp3) is 0.222. The maximum absolute atomic E-state index is 12.3. The van der Waals surface area contributed by atoms with Gasteiger partial charge in [0.15, 0.2) is 17.7 Å². The summed E-state index contributed by atoms with van der Waals surface area (Å²) in [7, 11) is 0. The van der Waals surface area contributed by atoms with Crippen LogP contribution >= 0.6 is 0 Å². The molecule has 0 radical (unpaired) electrons. The van der Waals surface area contributed by atoms with Crippen LogP contribution in [0.25, 0.3) is 0 Å². The van der Waals surface area contributed by atoms with E-state index in [-0.39, 0.29) is 5.78 Å². The highest BCUT2D eigenvalue weighted by molar-refractivity contribution is 6.09. The molecule has 3 heteroatoms. The zero-order chi connectivity index (χ0) is 15.5. The topological polar surface area (TPSA) is 43.4 Å². The van der Waals surface area contributed by atoms with Gasteiger partial charge in [-0.05, 0) is 45.0 Å². The second-order valence-corrected chi connectivity index (χ2v) is 5.54. The minimum absolute atomic E-state index is 0.0313. The monoisotopic (exact) mass is 282 g/mol. The average Bonchev–Trinajstić information content (AvgIpc) is 2.48. The van der Waals surface area contributed by atoms with E-state index in [9.17, 15) is 9.59 Å². The third-order valence-corrected chi connectivity index (χ3v) is 3.09. The summed E-state index contributed by atoms with van der Waals surface area (Å²) in [6, 6.07) is 14.3. The zero-order valence-electron chi connectivity index (χ0n) is 12.4. The van der Waals surface area contributed by atoms with Gasteiger partial charge in [-0.15, -0.1) is 0 Å². The number of benzene rings is 2. The number of rotatable bonds is 5. The fourth-order valence-corrected chi connectivity index (χ4v) is 1.87. The van der Waals surface area contributed by atoms with E-state index >= 15 is 0 Å². The Balaban J connectivity index is 2.17. The smallest absolute Gasteiger partial charge is 0.193 e. The van der Waals surface area contributed by atoms with Crippen LogP contribution in [-0.2, 0) is 4.79 Å². The Labute approximate surface area is 124 Å². The Morgan fingerprint density at radius 3 is 1.90 bits per heavy atom. The highest BCUT2D eigenvalue weighted by Gasteiger charge is 2.18. The van der Waals surface area contributed by atoms with Gasteiger partial charge in [-0.3, -0.25) is 9.59 Å². The van der Waals surface area contributed by atoms with Crippen molar-refractivity contribution in [2.24, 2.45) is 0 Å². The number of ether oxygens (including phenoxy) is 1. The van der Waals surface area contributed by atoms with Gasteiger partial charge in [0.05, 0.1) is 0 Å². The molecule has 0 bridgehead atoms. The number of hydrogen-bond acceptors (Lipinski definition) is 3. The van der Waals surface area contributed by atoms with Gasteiger partial charge in [-0.2, -0.15) is 0 Å². The summed E-state index contributed by atoms with van der Waals surface area (Å²) < 4.78 is 5.53. The Morgan fingerprint density at radius 2 is 1.43 bits per heavy atom. The van der Waals surface area contributed by atoms with Crippen molar-refractivity contribution in [1.29, 1.82) is 0 Å². The SMILES string of the molecule is Cc1ccc(C(=O)c2ccc(OC(C)(C)C=O)cc2)cc1. The molecule has 108 valence electrons. The van der Waals surface area contributed by atoms with Crippen LogP contribution in [0.15, 0.2) is 48.5 Å². The molecule has 0 aliphatic carbocycles. The fourth-order valence-electron chi connectivity index (χ4n) is 1.87. The van der Waals surface area contributed by atoms with Gasteiger partial charge >= 0.3 is 0 Å². The first-order valence-corrected chi connectivity index (χ1v) is 6.78. The predicted octanol–water partition coefficient (Wildman–Crippen LogP) is 3.58. The molecular formula is C18H18O3. The van der Waals surface area contributed by atoms with Crippen LogP contribution < -0.4 is 4.74 Å². The van der Waals surface area contributed by atoms with Gasteiger partial charge in [0.25, 0.3) is 0 Å². The Morgan fingerprint density at radius 1 is 0.952 bits per heavy atom. The van der Waals surface area contributed by atoms with Crippen LogP contribution in [0.2, 0.25) is 0 Å². The van der Waals surface area contributed by atoms with Gasteiger partial charge < -0.3 is 4.74 Å². The molecule has 0 aromatic heterocycles. The van der Waals surface area contributed by atoms with Crippen LogP contribution in [0.5, 0.6) is 5.75 Å². The van der Waals surface area contributed by atoms with E-state index < -0.39 is 5.60 Å². The van der Waals surface area contributed by atoms with Crippen molar-refractivity contribution < 1.29 is 14.3 Å². The van der Waals surface area contributed by atoms with Gasteiger partial charge in [-0.1, -0.05) is 29.8 Å². The standard InChI is InChI=1S/C18H18O3/c1-13-4-6-14(7-5-13)17(20)15-8-10-16(11-9-15)21-18(2,3)12-19/h4-12H,1-3H3. The molecule has 0 atom stereocenters. The molecule has 2 aromatic carbocycles. The van der Waals surface area contributed by atoms with Crippen molar-refractivity contribution in [1.82, 2.24) is 0 Å². The van der Waals surface area contributed by atoms with E-state index in [1.54, 1.807) is 38.1 Å². The number of aryl methyl sites for hydroxylation is 1. The molecule has 3 nitrogen and oxygen atoms in total. The molecule has 0 saturated carbocycles. The number of aldehydes is 1. The minimum atomic E-state index is -0.873. The van der Waals surface area contributed by atoms with Crippen molar-refractivity contribution >= 4 is 12.1 Å². The highest BCUT2D eigenvalue weighted by Crippen LogP contribution is 2.19. The van der Waals surface area contributed by atoms with Gasteiger partial charge in [0, 0.05) is 11.1 Å². The van der Waals surface area contributed by atoms with E-state index in [1.807, 2.05) is 31.2 Å². The van der Waals surface area contributed by atoms with Crippen molar-refractivity contribution in [3.8, 4) is 5.75 Å². The number of hydrogen-bond donors (Lipinski definition) is 0. The van der Waals surface area contributed by atoms with Crippen LogP contribution in [0, 0.1) is 6.92 Å². The lowest BCUT2D eigenvalue weighted by atomic mass is 10.0. The van der Waals surface area contributed by atoms with Gasteiger partial charge in [0.2, 0.25) is 0 Å². The maximum atomic E-state index is 12.3. The molecule has 0 fully saturated rings. The molecule has 2 rings (SSSR count). The quantitative estimate of drug-likeness (QED) is 0.622. The lowest BCUT2D eigenvalue weighted by Gasteiger charge is -2.19. The summed E-state index contributed by atoms with van der Waals surface area (Å²) in [5, 5.41) is 0. The molecule has 0 N–H and O–H groups in total. The summed E-state index contributed by atoms with van der Waals surface area (Å²) in [5.74, 6) is 0.531. The van der Waals surface area contributed by atoms with Gasteiger partial charge in [-0.25, -0.2) is 0 Å². The summed E-state index contributed by atoms with van der Waals surface area (Å²) in [4.78, 5) is 23.2. The second kappa shape index (κ2) is 5.92. The van der Waals surface area contributed by atoms with E-state index in [0.29, 0.717) is 16.9 Å². The average molecular weight is 282 g/mol. The molecule has 21 heavy (non-hydrogen) atoms. The normalized spacial score (nSPS) is 11.0. The van der Waals surface area contributed by atoms with Crippen LogP contribution in [0.3, 0.4) is 0 Å². The first kappa shape index (κ1) is 15.0. The van der Waals surface area contributed by atoms with Crippen LogP contribution in [0.4, 0.5) is 0 Å². The molecule has 0 saturated heterocycles. The first-order chi connectivity index (χ1) is 9.91. The summed E-state index contributed by atoms with van der Waals surface area (Å²) in [5.41, 5.74) is 1.49. The Kier molecular flexibility index (Phi) is 4.22. The van der Waals surface area contributed by atoms with Crippen LogP contribution in [0.1, 0.15) is 35.3 Å². The lowest BCUT2D eigenvalue weighted by molar-refractivity contribution is -0.118. The molecule has 2 aromatic rings. The van der Waals surface area contributed by atoms with Crippen molar-refractivity contribution in [2.75, 3.05) is 0 Å². The van der Waals surface area contributed by atoms with E-state index in [1.165, 1.54) is 0 Å².